The van der Waals surface area contributed by atoms with E-state index in [9.17, 15) is 9.50 Å². The number of fused-ring (bicyclic) bond motifs is 1. The molecule has 0 atom stereocenters. The van der Waals surface area contributed by atoms with Gasteiger partial charge in [0.1, 0.15) is 16.6 Å². The van der Waals surface area contributed by atoms with Crippen LogP contribution >= 0.6 is 11.3 Å². The SMILES string of the molecule is Oc1cccc(-c2nc3cc(F)ccc3s2)c1. The molecule has 1 aromatic heterocycles. The van der Waals surface area contributed by atoms with E-state index in [2.05, 4.69) is 4.98 Å². The molecule has 0 saturated heterocycles. The number of aromatic hydroxyl groups is 1. The summed E-state index contributed by atoms with van der Waals surface area (Å²) >= 11 is 1.48. The van der Waals surface area contributed by atoms with Crippen molar-refractivity contribution in [1.29, 1.82) is 0 Å². The molecule has 0 unspecified atom stereocenters. The minimum absolute atomic E-state index is 0.202. The minimum atomic E-state index is -0.287. The number of aromatic nitrogens is 1. The highest BCUT2D eigenvalue weighted by molar-refractivity contribution is 7.21. The molecule has 0 aliphatic heterocycles. The van der Waals surface area contributed by atoms with Crippen LogP contribution in [0.4, 0.5) is 4.39 Å². The van der Waals surface area contributed by atoms with Crippen LogP contribution in [0.5, 0.6) is 5.75 Å². The van der Waals surface area contributed by atoms with Gasteiger partial charge in [-0.15, -0.1) is 11.3 Å². The highest BCUT2D eigenvalue weighted by Crippen LogP contribution is 2.31. The van der Waals surface area contributed by atoms with Crippen molar-refractivity contribution in [3.05, 3.63) is 48.3 Å². The van der Waals surface area contributed by atoms with E-state index in [0.717, 1.165) is 15.3 Å². The van der Waals surface area contributed by atoms with Gasteiger partial charge in [-0.1, -0.05) is 12.1 Å². The van der Waals surface area contributed by atoms with Crippen LogP contribution in [0.15, 0.2) is 42.5 Å². The summed E-state index contributed by atoms with van der Waals surface area (Å²) in [5, 5.41) is 10.2. The molecule has 3 rings (SSSR count). The zero-order valence-electron chi connectivity index (χ0n) is 8.72. The maximum atomic E-state index is 13.0. The fraction of sp³-hybridized carbons (Fsp3) is 0. The van der Waals surface area contributed by atoms with Gasteiger partial charge in [-0.3, -0.25) is 0 Å². The van der Waals surface area contributed by atoms with Crippen LogP contribution in [-0.4, -0.2) is 10.1 Å². The smallest absolute Gasteiger partial charge is 0.125 e. The lowest BCUT2D eigenvalue weighted by Crippen LogP contribution is -1.76. The van der Waals surface area contributed by atoms with Crippen molar-refractivity contribution < 1.29 is 9.50 Å². The first kappa shape index (κ1) is 10.2. The van der Waals surface area contributed by atoms with E-state index in [0.29, 0.717) is 5.52 Å². The zero-order valence-corrected chi connectivity index (χ0v) is 9.54. The van der Waals surface area contributed by atoms with E-state index < -0.39 is 0 Å². The van der Waals surface area contributed by atoms with Crippen LogP contribution < -0.4 is 0 Å². The molecular weight excluding hydrogens is 237 g/mol. The molecule has 1 heterocycles. The topological polar surface area (TPSA) is 33.1 Å². The lowest BCUT2D eigenvalue weighted by molar-refractivity contribution is 0.475. The quantitative estimate of drug-likeness (QED) is 0.707. The molecule has 17 heavy (non-hydrogen) atoms. The lowest BCUT2D eigenvalue weighted by atomic mass is 10.2. The normalized spacial score (nSPS) is 10.9. The second-order valence-corrected chi connectivity index (χ2v) is 4.71. The first-order chi connectivity index (χ1) is 8.22. The maximum absolute atomic E-state index is 13.0. The van der Waals surface area contributed by atoms with Crippen LogP contribution in [0.25, 0.3) is 20.8 Å². The second kappa shape index (κ2) is 3.82. The third kappa shape index (κ3) is 1.87. The van der Waals surface area contributed by atoms with Crippen molar-refractivity contribution in [3.8, 4) is 16.3 Å². The number of phenols is 1. The molecule has 0 radical (unpaired) electrons. The number of nitrogens with zero attached hydrogens (tertiary/aromatic N) is 1. The predicted octanol–water partition coefficient (Wildman–Crippen LogP) is 3.81. The minimum Gasteiger partial charge on any atom is -0.508 e. The Morgan fingerprint density at radius 3 is 2.82 bits per heavy atom. The highest BCUT2D eigenvalue weighted by atomic mass is 32.1. The van der Waals surface area contributed by atoms with Crippen molar-refractivity contribution in [2.75, 3.05) is 0 Å². The summed E-state index contributed by atoms with van der Waals surface area (Å²) in [4.78, 5) is 4.35. The van der Waals surface area contributed by atoms with Gasteiger partial charge >= 0.3 is 0 Å². The van der Waals surface area contributed by atoms with Gasteiger partial charge < -0.3 is 5.11 Å². The van der Waals surface area contributed by atoms with Gasteiger partial charge in [-0.05, 0) is 24.3 Å². The van der Waals surface area contributed by atoms with Crippen molar-refractivity contribution >= 4 is 21.6 Å². The van der Waals surface area contributed by atoms with Crippen molar-refractivity contribution in [2.24, 2.45) is 0 Å². The largest absolute Gasteiger partial charge is 0.508 e. The molecule has 2 nitrogen and oxygen atoms in total. The Bertz CT molecular complexity index is 693. The van der Waals surface area contributed by atoms with Gasteiger partial charge in [0.15, 0.2) is 0 Å². The van der Waals surface area contributed by atoms with Crippen LogP contribution in [0.2, 0.25) is 0 Å². The Labute approximate surface area is 101 Å². The van der Waals surface area contributed by atoms with Gasteiger partial charge in [0.05, 0.1) is 10.2 Å². The third-order valence-electron chi connectivity index (χ3n) is 2.44. The number of halogens is 1. The average molecular weight is 245 g/mol. The highest BCUT2D eigenvalue weighted by Gasteiger charge is 2.07. The summed E-state index contributed by atoms with van der Waals surface area (Å²) in [6.45, 7) is 0. The third-order valence-corrected chi connectivity index (χ3v) is 3.53. The second-order valence-electron chi connectivity index (χ2n) is 3.68. The Hall–Kier alpha value is -1.94. The van der Waals surface area contributed by atoms with Gasteiger partial charge in [0.25, 0.3) is 0 Å². The maximum Gasteiger partial charge on any atom is 0.125 e. The molecule has 0 aliphatic carbocycles. The summed E-state index contributed by atoms with van der Waals surface area (Å²) in [6, 6.07) is 11.4. The molecule has 0 spiro atoms. The van der Waals surface area contributed by atoms with Crippen LogP contribution in [0.1, 0.15) is 0 Å². The summed E-state index contributed by atoms with van der Waals surface area (Å²) in [6.07, 6.45) is 0. The first-order valence-corrected chi connectivity index (χ1v) is 5.89. The molecule has 0 aliphatic rings. The van der Waals surface area contributed by atoms with Gasteiger partial charge in [-0.25, -0.2) is 9.37 Å². The van der Waals surface area contributed by atoms with Crippen molar-refractivity contribution in [3.63, 3.8) is 0 Å². The van der Waals surface area contributed by atoms with E-state index >= 15 is 0 Å². The molecule has 84 valence electrons. The first-order valence-electron chi connectivity index (χ1n) is 5.08. The van der Waals surface area contributed by atoms with Crippen LogP contribution in [-0.2, 0) is 0 Å². The molecule has 0 amide bonds. The molecule has 3 aromatic rings. The predicted molar refractivity (Wildman–Crippen MR) is 66.7 cm³/mol. The Morgan fingerprint density at radius 2 is 2.00 bits per heavy atom. The molecule has 2 aromatic carbocycles. The molecule has 0 fully saturated rings. The molecule has 4 heteroatoms. The van der Waals surface area contributed by atoms with Gasteiger partial charge in [-0.2, -0.15) is 0 Å². The van der Waals surface area contributed by atoms with Crippen molar-refractivity contribution in [2.45, 2.75) is 0 Å². The van der Waals surface area contributed by atoms with E-state index in [-0.39, 0.29) is 11.6 Å². The summed E-state index contributed by atoms with van der Waals surface area (Å²) in [5.41, 5.74) is 1.49. The van der Waals surface area contributed by atoms with E-state index in [1.54, 1.807) is 24.3 Å². The van der Waals surface area contributed by atoms with Gasteiger partial charge in [0, 0.05) is 11.6 Å². The fourth-order valence-corrected chi connectivity index (χ4v) is 2.61. The number of thiazole rings is 1. The molecule has 0 bridgehead atoms. The van der Waals surface area contributed by atoms with Gasteiger partial charge in [0.2, 0.25) is 0 Å². The number of benzene rings is 2. The average Bonchev–Trinajstić information content (AvgIpc) is 2.72. The Kier molecular flexibility index (Phi) is 2.30. The lowest BCUT2D eigenvalue weighted by Gasteiger charge is -1.95. The Morgan fingerprint density at radius 1 is 1.12 bits per heavy atom. The number of hydrogen-bond donors (Lipinski definition) is 1. The Balaban J connectivity index is 2.18. The van der Waals surface area contributed by atoms with Crippen LogP contribution in [0.3, 0.4) is 0 Å². The fourth-order valence-electron chi connectivity index (χ4n) is 1.66. The monoisotopic (exact) mass is 245 g/mol. The van der Waals surface area contributed by atoms with E-state index in [1.165, 1.54) is 23.5 Å². The van der Waals surface area contributed by atoms with E-state index in [1.807, 2.05) is 6.07 Å². The molecule has 0 saturated carbocycles. The zero-order chi connectivity index (χ0) is 11.8. The number of rotatable bonds is 1. The molecular formula is C13H8FNOS. The standard InChI is InChI=1S/C13H8FNOS/c14-9-4-5-12-11(7-9)15-13(17-12)8-2-1-3-10(16)6-8/h1-7,16H. The summed E-state index contributed by atoms with van der Waals surface area (Å²) < 4.78 is 14.0. The summed E-state index contributed by atoms with van der Waals surface area (Å²) in [7, 11) is 0. The molecule has 1 N–H and O–H groups in total. The number of phenolic OH excluding ortho intramolecular Hbond substituents is 1. The van der Waals surface area contributed by atoms with Crippen LogP contribution in [0, 0.1) is 5.82 Å². The van der Waals surface area contributed by atoms with E-state index in [4.69, 9.17) is 0 Å². The van der Waals surface area contributed by atoms with Crippen molar-refractivity contribution in [1.82, 2.24) is 4.98 Å². The number of hydrogen-bond acceptors (Lipinski definition) is 3. The summed E-state index contributed by atoms with van der Waals surface area (Å²) in [5.74, 6) is -0.0850.